The molecule has 27 heavy (non-hydrogen) atoms. The Kier molecular flexibility index (Phi) is 5.26. The zero-order valence-corrected chi connectivity index (χ0v) is 15.4. The van der Waals surface area contributed by atoms with Gasteiger partial charge in [-0.1, -0.05) is 12.1 Å². The predicted octanol–water partition coefficient (Wildman–Crippen LogP) is 4.29. The zero-order chi connectivity index (χ0) is 19.4. The van der Waals surface area contributed by atoms with Gasteiger partial charge < -0.3 is 10.6 Å². The van der Waals surface area contributed by atoms with Crippen LogP contribution in [0.15, 0.2) is 54.7 Å². The fourth-order valence-electron chi connectivity index (χ4n) is 2.52. The van der Waals surface area contributed by atoms with Gasteiger partial charge in [-0.05, 0) is 68.3 Å². The number of carbonyl (C=O) groups excluding carboxylic acids is 2. The monoisotopic (exact) mass is 360 g/mol. The first kappa shape index (κ1) is 18.3. The standard InChI is InChI=1S/C21H20N4O2/c1-13-4-5-14(2)19(12-13)25-21-22-11-10-18(24-21)20(27)23-17-8-6-16(7-9-17)15(3)26/h4-12H,1-3H3,(H,23,27)(H,22,24,25). The SMILES string of the molecule is CC(=O)c1ccc(NC(=O)c2ccnc(Nc3cc(C)ccc3C)n2)cc1. The maximum atomic E-state index is 12.5. The molecule has 1 amide bonds. The minimum absolute atomic E-state index is 0.0224. The molecule has 136 valence electrons. The number of aryl methyl sites for hydroxylation is 2. The molecule has 0 saturated heterocycles. The van der Waals surface area contributed by atoms with Crippen molar-refractivity contribution in [2.75, 3.05) is 10.6 Å². The summed E-state index contributed by atoms with van der Waals surface area (Å²) in [6, 6.07) is 14.3. The van der Waals surface area contributed by atoms with Gasteiger partial charge in [0, 0.05) is 23.1 Å². The molecule has 1 aromatic heterocycles. The van der Waals surface area contributed by atoms with Gasteiger partial charge in [-0.25, -0.2) is 9.97 Å². The van der Waals surface area contributed by atoms with Crippen LogP contribution in [0.3, 0.4) is 0 Å². The fraction of sp³-hybridized carbons (Fsp3) is 0.143. The smallest absolute Gasteiger partial charge is 0.274 e. The molecule has 0 bridgehead atoms. The number of Topliss-reactive ketones (excluding diaryl/α,β-unsaturated/α-hetero) is 1. The Morgan fingerprint density at radius 3 is 2.41 bits per heavy atom. The Morgan fingerprint density at radius 1 is 0.963 bits per heavy atom. The van der Waals surface area contributed by atoms with Crippen LogP contribution in [0.25, 0.3) is 0 Å². The number of nitrogens with one attached hydrogen (secondary N) is 2. The van der Waals surface area contributed by atoms with E-state index in [1.807, 2.05) is 32.0 Å². The number of nitrogens with zero attached hydrogens (tertiary/aromatic N) is 2. The molecule has 0 aliphatic carbocycles. The summed E-state index contributed by atoms with van der Waals surface area (Å²) in [5.41, 5.74) is 4.50. The van der Waals surface area contributed by atoms with E-state index in [1.165, 1.54) is 13.1 Å². The molecular weight excluding hydrogens is 340 g/mol. The molecule has 6 heteroatoms. The molecule has 0 aliphatic rings. The summed E-state index contributed by atoms with van der Waals surface area (Å²) in [6.07, 6.45) is 1.54. The van der Waals surface area contributed by atoms with E-state index in [0.717, 1.165) is 16.8 Å². The number of ketones is 1. The normalized spacial score (nSPS) is 10.3. The lowest BCUT2D eigenvalue weighted by atomic mass is 10.1. The maximum absolute atomic E-state index is 12.5. The molecule has 0 fully saturated rings. The molecule has 3 rings (SSSR count). The summed E-state index contributed by atoms with van der Waals surface area (Å²) in [7, 11) is 0. The van der Waals surface area contributed by atoms with Crippen molar-refractivity contribution in [1.82, 2.24) is 9.97 Å². The minimum atomic E-state index is -0.350. The molecule has 6 nitrogen and oxygen atoms in total. The Hall–Kier alpha value is -3.54. The molecule has 3 aromatic rings. The minimum Gasteiger partial charge on any atom is -0.324 e. The molecule has 0 radical (unpaired) electrons. The second-order valence-electron chi connectivity index (χ2n) is 6.30. The van der Waals surface area contributed by atoms with Gasteiger partial charge in [0.2, 0.25) is 5.95 Å². The van der Waals surface area contributed by atoms with Gasteiger partial charge in [-0.3, -0.25) is 9.59 Å². The van der Waals surface area contributed by atoms with Crippen LogP contribution >= 0.6 is 0 Å². The summed E-state index contributed by atoms with van der Waals surface area (Å²) in [6.45, 7) is 5.49. The van der Waals surface area contributed by atoms with E-state index < -0.39 is 0 Å². The summed E-state index contributed by atoms with van der Waals surface area (Å²) in [4.78, 5) is 32.3. The first-order chi connectivity index (χ1) is 12.9. The van der Waals surface area contributed by atoms with Crippen molar-refractivity contribution < 1.29 is 9.59 Å². The van der Waals surface area contributed by atoms with Crippen molar-refractivity contribution in [2.45, 2.75) is 20.8 Å². The van der Waals surface area contributed by atoms with Crippen LogP contribution in [0, 0.1) is 13.8 Å². The molecule has 0 aliphatic heterocycles. The number of benzene rings is 2. The third-order valence-corrected chi connectivity index (χ3v) is 4.08. The Labute approximate surface area is 157 Å². The largest absolute Gasteiger partial charge is 0.324 e. The van der Waals surface area contributed by atoms with Crippen molar-refractivity contribution >= 4 is 29.0 Å². The second-order valence-corrected chi connectivity index (χ2v) is 6.30. The van der Waals surface area contributed by atoms with Crippen molar-refractivity contribution in [1.29, 1.82) is 0 Å². The Balaban J connectivity index is 1.75. The Morgan fingerprint density at radius 2 is 1.70 bits per heavy atom. The van der Waals surface area contributed by atoms with E-state index >= 15 is 0 Å². The molecule has 0 unspecified atom stereocenters. The summed E-state index contributed by atoms with van der Waals surface area (Å²) < 4.78 is 0. The highest BCUT2D eigenvalue weighted by Gasteiger charge is 2.10. The van der Waals surface area contributed by atoms with Crippen LogP contribution < -0.4 is 10.6 Å². The van der Waals surface area contributed by atoms with Gasteiger partial charge in [0.25, 0.3) is 5.91 Å². The quantitative estimate of drug-likeness (QED) is 0.663. The zero-order valence-electron chi connectivity index (χ0n) is 15.4. The van der Waals surface area contributed by atoms with E-state index in [9.17, 15) is 9.59 Å². The van der Waals surface area contributed by atoms with Crippen LogP contribution in [0.4, 0.5) is 17.3 Å². The van der Waals surface area contributed by atoms with E-state index in [1.54, 1.807) is 30.3 Å². The molecule has 2 N–H and O–H groups in total. The highest BCUT2D eigenvalue weighted by molar-refractivity contribution is 6.03. The molecule has 1 heterocycles. The molecular formula is C21H20N4O2. The number of hydrogen-bond donors (Lipinski definition) is 2. The third kappa shape index (κ3) is 4.55. The molecule has 0 spiro atoms. The van der Waals surface area contributed by atoms with Gasteiger partial charge in [0.1, 0.15) is 5.69 Å². The van der Waals surface area contributed by atoms with Crippen molar-refractivity contribution in [3.05, 3.63) is 77.1 Å². The van der Waals surface area contributed by atoms with Crippen molar-refractivity contribution in [2.24, 2.45) is 0 Å². The van der Waals surface area contributed by atoms with Gasteiger partial charge >= 0.3 is 0 Å². The fourth-order valence-corrected chi connectivity index (χ4v) is 2.52. The lowest BCUT2D eigenvalue weighted by Gasteiger charge is -2.10. The van der Waals surface area contributed by atoms with Gasteiger partial charge in [-0.2, -0.15) is 0 Å². The summed E-state index contributed by atoms with van der Waals surface area (Å²) in [5, 5.41) is 5.92. The number of rotatable bonds is 5. The summed E-state index contributed by atoms with van der Waals surface area (Å²) >= 11 is 0. The molecule has 0 saturated carbocycles. The first-order valence-electron chi connectivity index (χ1n) is 8.52. The van der Waals surface area contributed by atoms with E-state index in [-0.39, 0.29) is 17.4 Å². The number of anilines is 3. The molecule has 0 atom stereocenters. The average Bonchev–Trinajstić information content (AvgIpc) is 2.65. The Bertz CT molecular complexity index is 997. The van der Waals surface area contributed by atoms with Crippen LogP contribution in [-0.4, -0.2) is 21.7 Å². The summed E-state index contributed by atoms with van der Waals surface area (Å²) in [5.74, 6) is -0.0221. The number of carbonyl (C=O) groups is 2. The number of hydrogen-bond acceptors (Lipinski definition) is 5. The lowest BCUT2D eigenvalue weighted by molar-refractivity contribution is 0.101. The highest BCUT2D eigenvalue weighted by Crippen LogP contribution is 2.20. The van der Waals surface area contributed by atoms with Crippen molar-refractivity contribution in [3.8, 4) is 0 Å². The van der Waals surface area contributed by atoms with Crippen LogP contribution in [-0.2, 0) is 0 Å². The highest BCUT2D eigenvalue weighted by atomic mass is 16.2. The number of amides is 1. The lowest BCUT2D eigenvalue weighted by Crippen LogP contribution is -2.15. The van der Waals surface area contributed by atoms with Gasteiger partial charge in [0.15, 0.2) is 5.78 Å². The topological polar surface area (TPSA) is 84.0 Å². The van der Waals surface area contributed by atoms with Crippen molar-refractivity contribution in [3.63, 3.8) is 0 Å². The van der Waals surface area contributed by atoms with Crippen LogP contribution in [0.1, 0.15) is 38.9 Å². The molecule has 2 aromatic carbocycles. The average molecular weight is 360 g/mol. The number of aromatic nitrogens is 2. The van der Waals surface area contributed by atoms with Crippen LogP contribution in [0.2, 0.25) is 0 Å². The van der Waals surface area contributed by atoms with E-state index in [0.29, 0.717) is 17.2 Å². The van der Waals surface area contributed by atoms with E-state index in [4.69, 9.17) is 0 Å². The van der Waals surface area contributed by atoms with Gasteiger partial charge in [0.05, 0.1) is 0 Å². The maximum Gasteiger partial charge on any atom is 0.274 e. The third-order valence-electron chi connectivity index (χ3n) is 4.08. The first-order valence-corrected chi connectivity index (χ1v) is 8.52. The second kappa shape index (κ2) is 7.78. The predicted molar refractivity (Wildman–Crippen MR) is 106 cm³/mol. The van der Waals surface area contributed by atoms with Crippen LogP contribution in [0.5, 0.6) is 0 Å². The van der Waals surface area contributed by atoms with Gasteiger partial charge in [-0.15, -0.1) is 0 Å². The van der Waals surface area contributed by atoms with E-state index in [2.05, 4.69) is 20.6 Å².